The number of nitrogens with one attached hydrogen (secondary N) is 2. The summed E-state index contributed by atoms with van der Waals surface area (Å²) in [5.74, 6) is 1.96. The number of pyridine rings is 1. The van der Waals surface area contributed by atoms with Crippen LogP contribution in [0.15, 0.2) is 36.4 Å². The number of rotatable bonds is 26. The molecule has 0 radical (unpaired) electrons. The Kier molecular flexibility index (Phi) is 29.6. The number of primary amides is 1. The van der Waals surface area contributed by atoms with Crippen LogP contribution in [0, 0.1) is 17.3 Å². The first-order chi connectivity index (χ1) is 29.5. The van der Waals surface area contributed by atoms with Gasteiger partial charge in [-0.2, -0.15) is 0 Å². The number of fused-ring (bicyclic) bond motifs is 3. The fraction of sp³-hybridized carbons (Fsp3) is 0.688. The SMILES string of the molecule is C=C(C(N)CCCCCCOCCOCCNC(=O)C1CCC(C=O)CC1)C(C)(C)CC.CC.CCCCc1nc2c(N)nc3ccccc3c2n1CCCCNC.NC=O. The summed E-state index contributed by atoms with van der Waals surface area (Å²) in [4.78, 5) is 40.9. The van der Waals surface area contributed by atoms with Crippen LogP contribution in [0.25, 0.3) is 21.9 Å². The number of carbonyl (C=O) groups excluding carboxylic acids is 3. The molecule has 0 aliphatic heterocycles. The number of aldehydes is 1. The molecule has 3 aromatic rings. The first kappa shape index (κ1) is 55.1. The van der Waals surface area contributed by atoms with Gasteiger partial charge >= 0.3 is 0 Å². The van der Waals surface area contributed by atoms with E-state index in [-0.39, 0.29) is 35.6 Å². The van der Waals surface area contributed by atoms with E-state index >= 15 is 0 Å². The number of unbranched alkanes of at least 4 members (excludes halogenated alkanes) is 5. The highest BCUT2D eigenvalue weighted by molar-refractivity contribution is 6.06. The molecule has 1 fully saturated rings. The van der Waals surface area contributed by atoms with Gasteiger partial charge in [0.05, 0.1) is 30.9 Å². The number of nitrogen functional groups attached to an aromatic ring is 1. The van der Waals surface area contributed by atoms with Crippen molar-refractivity contribution in [1.82, 2.24) is 25.2 Å². The summed E-state index contributed by atoms with van der Waals surface area (Å²) in [6.07, 6.45) is 16.7. The minimum Gasteiger partial charge on any atom is -0.382 e. The van der Waals surface area contributed by atoms with Crippen molar-refractivity contribution in [3.8, 4) is 0 Å². The van der Waals surface area contributed by atoms with Gasteiger partial charge in [0.15, 0.2) is 5.82 Å². The molecular weight excluding hydrogens is 769 g/mol. The number of hydrogen-bond acceptors (Lipinski definition) is 10. The smallest absolute Gasteiger partial charge is 0.223 e. The summed E-state index contributed by atoms with van der Waals surface area (Å²) in [7, 11) is 2.00. The molecule has 1 aromatic carbocycles. The molecule has 0 bridgehead atoms. The van der Waals surface area contributed by atoms with Crippen LogP contribution in [0.3, 0.4) is 0 Å². The van der Waals surface area contributed by atoms with Crippen LogP contribution in [0.5, 0.6) is 0 Å². The van der Waals surface area contributed by atoms with E-state index in [9.17, 15) is 9.59 Å². The molecule has 1 aliphatic rings. The van der Waals surface area contributed by atoms with Crippen molar-refractivity contribution >= 4 is 46.4 Å². The lowest BCUT2D eigenvalue weighted by molar-refractivity contribution is -0.127. The quantitative estimate of drug-likeness (QED) is 0.0299. The van der Waals surface area contributed by atoms with E-state index in [0.717, 1.165) is 144 Å². The number of amides is 2. The minimum absolute atomic E-state index is 0.0484. The Morgan fingerprint density at radius 1 is 0.934 bits per heavy atom. The van der Waals surface area contributed by atoms with E-state index in [4.69, 9.17) is 30.7 Å². The van der Waals surface area contributed by atoms with Gasteiger partial charge in [-0.3, -0.25) is 9.59 Å². The maximum Gasteiger partial charge on any atom is 0.223 e. The lowest BCUT2D eigenvalue weighted by Crippen LogP contribution is -2.35. The monoisotopic (exact) mass is 853 g/mol. The van der Waals surface area contributed by atoms with Crippen LogP contribution in [0.4, 0.5) is 5.82 Å². The summed E-state index contributed by atoms with van der Waals surface area (Å²) in [5.41, 5.74) is 20.9. The van der Waals surface area contributed by atoms with Crippen LogP contribution in [-0.4, -0.2) is 85.7 Å². The number of nitrogens with zero attached hydrogens (tertiary/aromatic N) is 3. The van der Waals surface area contributed by atoms with E-state index in [1.165, 1.54) is 12.0 Å². The number of nitrogens with two attached hydrogens (primary N) is 3. The third-order valence-electron chi connectivity index (χ3n) is 11.5. The number of benzene rings is 1. The highest BCUT2D eigenvalue weighted by atomic mass is 16.5. The zero-order chi connectivity index (χ0) is 45.5. The molecule has 2 heterocycles. The zero-order valence-electron chi connectivity index (χ0n) is 39.1. The Labute approximate surface area is 368 Å². The number of aryl methyl sites for hydroxylation is 2. The first-order valence-corrected chi connectivity index (χ1v) is 23.2. The third kappa shape index (κ3) is 20.2. The Morgan fingerprint density at radius 3 is 2.23 bits per heavy atom. The van der Waals surface area contributed by atoms with Gasteiger partial charge in [-0.15, -0.1) is 0 Å². The number of para-hydroxylation sites is 1. The van der Waals surface area contributed by atoms with E-state index in [2.05, 4.69) is 72.3 Å². The molecule has 0 spiro atoms. The van der Waals surface area contributed by atoms with Crippen molar-refractivity contribution < 1.29 is 23.9 Å². The maximum absolute atomic E-state index is 12.1. The molecular formula is C48H84N8O5. The second-order valence-electron chi connectivity index (χ2n) is 16.3. The molecule has 0 saturated heterocycles. The standard InChI is InChI=1S/C26H48N2O4.C19H27N5.C2H6.CH3NO/c1-5-26(3,4)21(2)24(27)10-8-6-7-9-16-31-18-19-32-17-15-28-25(30)23-13-11-22(20-29)12-14-23;1-3-4-11-16-23-17-18(24(16)13-8-7-12-21-2)14-9-5-6-10-15(14)22-19(17)20;1-2;2-1-3/h20,22-24H,2,5-19,27H2,1,3-4H3,(H,28,30);5-6,9-10,21H,3-4,7-8,11-13H2,1-2H3,(H2,20,22);1-2H3;1H,(H2,2,3). The normalized spacial score (nSPS) is 15.3. The second kappa shape index (κ2) is 32.8. The number of ether oxygens (including phenoxy) is 2. The maximum atomic E-state index is 12.1. The molecule has 61 heavy (non-hydrogen) atoms. The van der Waals surface area contributed by atoms with Gasteiger partial charge in [-0.25, -0.2) is 9.97 Å². The molecule has 1 unspecified atom stereocenters. The Morgan fingerprint density at radius 2 is 1.59 bits per heavy atom. The molecule has 13 heteroatoms. The van der Waals surface area contributed by atoms with Gasteiger partial charge in [-0.1, -0.05) is 97.6 Å². The molecule has 1 saturated carbocycles. The van der Waals surface area contributed by atoms with Crippen molar-refractivity contribution in [3.05, 3.63) is 42.2 Å². The average molecular weight is 853 g/mol. The number of aromatic nitrogens is 3. The Hall–Kier alpha value is -3.91. The van der Waals surface area contributed by atoms with Gasteiger partial charge in [0, 0.05) is 49.4 Å². The van der Waals surface area contributed by atoms with Crippen LogP contribution >= 0.6 is 0 Å². The minimum atomic E-state index is 0.0484. The Bertz CT molecular complexity index is 1650. The van der Waals surface area contributed by atoms with Crippen molar-refractivity contribution in [2.24, 2.45) is 28.7 Å². The molecule has 2 aromatic heterocycles. The van der Waals surface area contributed by atoms with Crippen molar-refractivity contribution in [2.45, 2.75) is 150 Å². The van der Waals surface area contributed by atoms with Crippen LogP contribution in [0.1, 0.15) is 137 Å². The molecule has 4 rings (SSSR count). The van der Waals surface area contributed by atoms with E-state index in [1.54, 1.807) is 0 Å². The number of anilines is 1. The van der Waals surface area contributed by atoms with Gasteiger partial charge in [0.1, 0.15) is 17.6 Å². The summed E-state index contributed by atoms with van der Waals surface area (Å²) >= 11 is 0. The highest BCUT2D eigenvalue weighted by Crippen LogP contribution is 2.32. The van der Waals surface area contributed by atoms with Crippen LogP contribution < -0.4 is 27.8 Å². The summed E-state index contributed by atoms with van der Waals surface area (Å²) in [6.45, 7) is 22.0. The van der Waals surface area contributed by atoms with Gasteiger partial charge in [0.25, 0.3) is 0 Å². The topological polar surface area (TPSA) is 202 Å². The van der Waals surface area contributed by atoms with Gasteiger partial charge in [-0.05, 0) is 89.3 Å². The van der Waals surface area contributed by atoms with Crippen LogP contribution in [-0.2, 0) is 36.8 Å². The fourth-order valence-corrected chi connectivity index (χ4v) is 7.30. The first-order valence-electron chi connectivity index (χ1n) is 23.2. The van der Waals surface area contributed by atoms with Gasteiger partial charge in [0.2, 0.25) is 12.3 Å². The number of imidazole rings is 1. The predicted molar refractivity (Wildman–Crippen MR) is 253 cm³/mol. The largest absolute Gasteiger partial charge is 0.382 e. The summed E-state index contributed by atoms with van der Waals surface area (Å²) in [6, 6.07) is 8.31. The molecule has 346 valence electrons. The van der Waals surface area contributed by atoms with Crippen molar-refractivity contribution in [1.29, 1.82) is 0 Å². The van der Waals surface area contributed by atoms with E-state index in [0.29, 0.717) is 32.2 Å². The van der Waals surface area contributed by atoms with Gasteiger partial charge < -0.3 is 46.7 Å². The molecule has 8 N–H and O–H groups in total. The van der Waals surface area contributed by atoms with E-state index in [1.807, 2.05) is 33.0 Å². The Balaban J connectivity index is 0.000000567. The highest BCUT2D eigenvalue weighted by Gasteiger charge is 2.26. The average Bonchev–Trinajstić information content (AvgIpc) is 3.65. The summed E-state index contributed by atoms with van der Waals surface area (Å²) < 4.78 is 13.5. The third-order valence-corrected chi connectivity index (χ3v) is 11.5. The van der Waals surface area contributed by atoms with Crippen molar-refractivity contribution in [3.63, 3.8) is 0 Å². The molecule has 1 aliphatic carbocycles. The lowest BCUT2D eigenvalue weighted by Gasteiger charge is -2.30. The zero-order valence-corrected chi connectivity index (χ0v) is 39.1. The molecule has 1 atom stereocenters. The fourth-order valence-electron chi connectivity index (χ4n) is 7.30. The number of hydrogen-bond donors (Lipinski definition) is 5. The lowest BCUT2D eigenvalue weighted by atomic mass is 9.78. The second-order valence-corrected chi connectivity index (χ2v) is 16.3. The van der Waals surface area contributed by atoms with E-state index < -0.39 is 0 Å². The van der Waals surface area contributed by atoms with Crippen molar-refractivity contribution in [2.75, 3.05) is 52.3 Å². The number of carbonyl (C=O) groups is 3. The molecule has 2 amide bonds. The summed E-state index contributed by atoms with van der Waals surface area (Å²) in [5, 5.41) is 7.30. The predicted octanol–water partition coefficient (Wildman–Crippen LogP) is 8.05. The van der Waals surface area contributed by atoms with Crippen LogP contribution in [0.2, 0.25) is 0 Å². The molecule has 13 nitrogen and oxygen atoms in total.